The molecule has 0 heterocycles. The molecule has 0 nitrogen and oxygen atoms in total. The maximum atomic E-state index is 2.48. The summed E-state index contributed by atoms with van der Waals surface area (Å²) in [6, 6.07) is 0. The van der Waals surface area contributed by atoms with Crippen LogP contribution in [-0.2, 0) is 0 Å². The van der Waals surface area contributed by atoms with E-state index in [1.54, 1.807) is 5.57 Å². The molecule has 0 aromatic heterocycles. The van der Waals surface area contributed by atoms with Crippen LogP contribution in [0.2, 0.25) is 0 Å². The van der Waals surface area contributed by atoms with E-state index < -0.39 is 0 Å². The highest BCUT2D eigenvalue weighted by atomic mass is 14.4. The van der Waals surface area contributed by atoms with Gasteiger partial charge in [0.05, 0.1) is 0 Å². The molecule has 2 atom stereocenters. The SMILES string of the molecule is CC1=CC2(C)CC=CC(C1)C2. The van der Waals surface area contributed by atoms with Gasteiger partial charge in [-0.05, 0) is 37.5 Å². The number of hydrogen-bond acceptors (Lipinski definition) is 0. The zero-order valence-corrected chi connectivity index (χ0v) is 7.43. The third-order valence-electron chi connectivity index (χ3n) is 2.90. The molecule has 60 valence electrons. The highest BCUT2D eigenvalue weighted by Gasteiger charge is 2.30. The van der Waals surface area contributed by atoms with Crippen LogP contribution < -0.4 is 0 Å². The van der Waals surface area contributed by atoms with Gasteiger partial charge < -0.3 is 0 Å². The third kappa shape index (κ3) is 1.26. The molecule has 0 aliphatic heterocycles. The lowest BCUT2D eigenvalue weighted by molar-refractivity contribution is 0.300. The molecule has 2 aliphatic rings. The maximum absolute atomic E-state index is 2.48. The zero-order valence-electron chi connectivity index (χ0n) is 7.43. The summed E-state index contributed by atoms with van der Waals surface area (Å²) in [4.78, 5) is 0. The number of hydrogen-bond donors (Lipinski definition) is 0. The number of rotatable bonds is 0. The van der Waals surface area contributed by atoms with Crippen molar-refractivity contribution in [2.24, 2.45) is 11.3 Å². The Bertz CT molecular complexity index is 222. The molecule has 11 heavy (non-hydrogen) atoms. The molecule has 0 amide bonds. The van der Waals surface area contributed by atoms with Gasteiger partial charge in [0.15, 0.2) is 0 Å². The van der Waals surface area contributed by atoms with Crippen molar-refractivity contribution in [3.05, 3.63) is 23.8 Å². The van der Waals surface area contributed by atoms with Gasteiger partial charge in [-0.1, -0.05) is 30.7 Å². The fourth-order valence-corrected chi connectivity index (χ4v) is 2.61. The van der Waals surface area contributed by atoms with Gasteiger partial charge in [-0.15, -0.1) is 0 Å². The van der Waals surface area contributed by atoms with E-state index in [-0.39, 0.29) is 0 Å². The summed E-state index contributed by atoms with van der Waals surface area (Å²) in [7, 11) is 0. The molecule has 0 spiro atoms. The Hall–Kier alpha value is -0.520. The second kappa shape index (κ2) is 2.23. The first-order valence-corrected chi connectivity index (χ1v) is 4.53. The minimum atomic E-state index is 0.502. The Balaban J connectivity index is 2.32. The summed E-state index contributed by atoms with van der Waals surface area (Å²) in [6.07, 6.45) is 11.2. The van der Waals surface area contributed by atoms with Crippen molar-refractivity contribution in [3.8, 4) is 0 Å². The average molecular weight is 148 g/mol. The number of fused-ring (bicyclic) bond motifs is 2. The molecule has 0 saturated carbocycles. The van der Waals surface area contributed by atoms with Gasteiger partial charge in [0.2, 0.25) is 0 Å². The van der Waals surface area contributed by atoms with Crippen LogP contribution in [0, 0.1) is 11.3 Å². The number of allylic oxidation sites excluding steroid dienone is 4. The lowest BCUT2D eigenvalue weighted by Crippen LogP contribution is -2.24. The van der Waals surface area contributed by atoms with Crippen molar-refractivity contribution < 1.29 is 0 Å². The first-order valence-electron chi connectivity index (χ1n) is 4.53. The van der Waals surface area contributed by atoms with E-state index in [4.69, 9.17) is 0 Å². The van der Waals surface area contributed by atoms with Crippen molar-refractivity contribution in [3.63, 3.8) is 0 Å². The fraction of sp³-hybridized carbons (Fsp3) is 0.636. The molecule has 2 aliphatic carbocycles. The van der Waals surface area contributed by atoms with Gasteiger partial charge >= 0.3 is 0 Å². The van der Waals surface area contributed by atoms with E-state index in [0.717, 1.165) is 5.92 Å². The Morgan fingerprint density at radius 1 is 1.55 bits per heavy atom. The van der Waals surface area contributed by atoms with Crippen LogP contribution in [0.3, 0.4) is 0 Å². The molecule has 0 heteroatoms. The van der Waals surface area contributed by atoms with Gasteiger partial charge in [-0.2, -0.15) is 0 Å². The van der Waals surface area contributed by atoms with Crippen molar-refractivity contribution in [2.45, 2.75) is 33.1 Å². The van der Waals surface area contributed by atoms with Crippen LogP contribution in [-0.4, -0.2) is 0 Å². The van der Waals surface area contributed by atoms with Crippen LogP contribution in [0.25, 0.3) is 0 Å². The maximum Gasteiger partial charge on any atom is -0.0104 e. The Labute approximate surface area is 69.0 Å². The van der Waals surface area contributed by atoms with E-state index >= 15 is 0 Å². The second-order valence-corrected chi connectivity index (χ2v) is 4.45. The first kappa shape index (κ1) is 7.15. The summed E-state index contributed by atoms with van der Waals surface area (Å²) < 4.78 is 0. The Morgan fingerprint density at radius 2 is 2.36 bits per heavy atom. The predicted octanol–water partition coefficient (Wildman–Crippen LogP) is 3.31. The van der Waals surface area contributed by atoms with Gasteiger partial charge in [-0.25, -0.2) is 0 Å². The summed E-state index contributed by atoms with van der Waals surface area (Å²) in [5.74, 6) is 0.846. The Kier molecular flexibility index (Phi) is 1.45. The third-order valence-corrected chi connectivity index (χ3v) is 2.90. The van der Waals surface area contributed by atoms with Crippen molar-refractivity contribution >= 4 is 0 Å². The topological polar surface area (TPSA) is 0 Å². The minimum Gasteiger partial charge on any atom is -0.0874 e. The fourth-order valence-electron chi connectivity index (χ4n) is 2.61. The van der Waals surface area contributed by atoms with Crippen LogP contribution in [0.15, 0.2) is 23.8 Å². The predicted molar refractivity (Wildman–Crippen MR) is 48.3 cm³/mol. The summed E-state index contributed by atoms with van der Waals surface area (Å²) >= 11 is 0. The minimum absolute atomic E-state index is 0.502. The van der Waals surface area contributed by atoms with Crippen LogP contribution in [0.1, 0.15) is 33.1 Å². The van der Waals surface area contributed by atoms with E-state index in [9.17, 15) is 0 Å². The van der Waals surface area contributed by atoms with E-state index in [1.807, 2.05) is 0 Å². The second-order valence-electron chi connectivity index (χ2n) is 4.45. The molecule has 2 rings (SSSR count). The summed E-state index contributed by atoms with van der Waals surface area (Å²) in [5.41, 5.74) is 2.09. The Morgan fingerprint density at radius 3 is 3.09 bits per heavy atom. The molecule has 2 bridgehead atoms. The van der Waals surface area contributed by atoms with Gasteiger partial charge in [0, 0.05) is 0 Å². The lowest BCUT2D eigenvalue weighted by Gasteiger charge is -2.37. The van der Waals surface area contributed by atoms with E-state index in [0.29, 0.717) is 5.41 Å². The molecule has 2 unspecified atom stereocenters. The van der Waals surface area contributed by atoms with Gasteiger partial charge in [0.1, 0.15) is 0 Å². The first-order chi connectivity index (χ1) is 5.18. The smallest absolute Gasteiger partial charge is 0.0104 e. The van der Waals surface area contributed by atoms with Crippen molar-refractivity contribution in [1.29, 1.82) is 0 Å². The van der Waals surface area contributed by atoms with E-state index in [1.165, 1.54) is 19.3 Å². The van der Waals surface area contributed by atoms with Gasteiger partial charge in [0.25, 0.3) is 0 Å². The van der Waals surface area contributed by atoms with Crippen LogP contribution in [0.5, 0.6) is 0 Å². The average Bonchev–Trinajstić information content (AvgIpc) is 1.82. The van der Waals surface area contributed by atoms with E-state index in [2.05, 4.69) is 32.1 Å². The summed E-state index contributed by atoms with van der Waals surface area (Å²) in [5, 5.41) is 0. The van der Waals surface area contributed by atoms with Gasteiger partial charge in [-0.3, -0.25) is 0 Å². The molecule has 0 aromatic rings. The molecule has 0 radical (unpaired) electrons. The van der Waals surface area contributed by atoms with Crippen molar-refractivity contribution in [1.82, 2.24) is 0 Å². The standard InChI is InChI=1S/C11H16/c1-9-6-10-4-3-5-11(2,7-9)8-10/h3-4,7,10H,5-6,8H2,1-2H3. The normalized spacial score (nSPS) is 42.0. The lowest BCUT2D eigenvalue weighted by atomic mass is 9.68. The molecule has 0 fully saturated rings. The highest BCUT2D eigenvalue weighted by molar-refractivity contribution is 5.19. The molecular formula is C11H16. The van der Waals surface area contributed by atoms with Crippen LogP contribution in [0.4, 0.5) is 0 Å². The zero-order chi connectivity index (χ0) is 7.90. The van der Waals surface area contributed by atoms with Crippen molar-refractivity contribution in [2.75, 3.05) is 0 Å². The monoisotopic (exact) mass is 148 g/mol. The summed E-state index contributed by atoms with van der Waals surface area (Å²) in [6.45, 7) is 4.65. The quantitative estimate of drug-likeness (QED) is 0.462. The van der Waals surface area contributed by atoms with Crippen LogP contribution >= 0.6 is 0 Å². The molecular weight excluding hydrogens is 132 g/mol. The highest BCUT2D eigenvalue weighted by Crippen LogP contribution is 2.43. The largest absolute Gasteiger partial charge is 0.0874 e. The molecule has 0 saturated heterocycles. The molecule has 0 aromatic carbocycles. The molecule has 0 N–H and O–H groups in total.